The SMILES string of the molecule is CN1C(=O)CCc2cc([N+](=O)[O-])cc(-c3cccnc3)c21. The number of pyridine rings is 1. The highest BCUT2D eigenvalue weighted by Gasteiger charge is 2.27. The molecule has 0 unspecified atom stereocenters. The maximum Gasteiger partial charge on any atom is 0.270 e. The summed E-state index contributed by atoms with van der Waals surface area (Å²) in [5.41, 5.74) is 3.03. The predicted octanol–water partition coefficient (Wildman–Crippen LogP) is 2.57. The number of hydrogen-bond acceptors (Lipinski definition) is 4. The molecule has 1 aromatic heterocycles. The van der Waals surface area contributed by atoms with Crippen molar-refractivity contribution in [3.05, 3.63) is 52.3 Å². The molecule has 1 aliphatic heterocycles. The third-order valence-corrected chi connectivity index (χ3v) is 3.67. The normalized spacial score (nSPS) is 14.0. The fourth-order valence-corrected chi connectivity index (χ4v) is 2.65. The van der Waals surface area contributed by atoms with E-state index in [1.54, 1.807) is 36.5 Å². The number of nitrogens with zero attached hydrogens (tertiary/aromatic N) is 3. The van der Waals surface area contributed by atoms with E-state index in [1.165, 1.54) is 6.07 Å². The number of anilines is 1. The molecule has 6 heteroatoms. The van der Waals surface area contributed by atoms with Crippen LogP contribution in [0.2, 0.25) is 0 Å². The van der Waals surface area contributed by atoms with Crippen molar-refractivity contribution in [3.8, 4) is 11.1 Å². The Kier molecular flexibility index (Phi) is 3.13. The number of aryl methyl sites for hydroxylation is 1. The van der Waals surface area contributed by atoms with Gasteiger partial charge in [0, 0.05) is 49.1 Å². The highest BCUT2D eigenvalue weighted by atomic mass is 16.6. The van der Waals surface area contributed by atoms with E-state index in [2.05, 4.69) is 4.98 Å². The Morgan fingerprint density at radius 3 is 2.81 bits per heavy atom. The second-order valence-corrected chi connectivity index (χ2v) is 4.95. The summed E-state index contributed by atoms with van der Waals surface area (Å²) in [6.07, 6.45) is 4.18. The first kappa shape index (κ1) is 13.2. The summed E-state index contributed by atoms with van der Waals surface area (Å²) in [7, 11) is 1.70. The van der Waals surface area contributed by atoms with E-state index in [9.17, 15) is 14.9 Å². The van der Waals surface area contributed by atoms with Gasteiger partial charge in [-0.15, -0.1) is 0 Å². The van der Waals surface area contributed by atoms with Gasteiger partial charge in [-0.2, -0.15) is 0 Å². The van der Waals surface area contributed by atoms with Crippen molar-refractivity contribution >= 4 is 17.3 Å². The van der Waals surface area contributed by atoms with Gasteiger partial charge >= 0.3 is 0 Å². The number of nitro groups is 1. The lowest BCUT2D eigenvalue weighted by molar-refractivity contribution is -0.384. The molecule has 3 rings (SSSR count). The molecule has 2 heterocycles. The van der Waals surface area contributed by atoms with Crippen LogP contribution >= 0.6 is 0 Å². The summed E-state index contributed by atoms with van der Waals surface area (Å²) in [5, 5.41) is 11.1. The van der Waals surface area contributed by atoms with Crippen LogP contribution in [0, 0.1) is 10.1 Å². The smallest absolute Gasteiger partial charge is 0.270 e. The topological polar surface area (TPSA) is 76.3 Å². The Bertz CT molecular complexity index is 728. The number of nitro benzene ring substituents is 1. The Morgan fingerprint density at radius 1 is 1.33 bits per heavy atom. The zero-order valence-corrected chi connectivity index (χ0v) is 11.4. The first-order valence-electron chi connectivity index (χ1n) is 6.56. The summed E-state index contributed by atoms with van der Waals surface area (Å²) < 4.78 is 0. The molecule has 21 heavy (non-hydrogen) atoms. The van der Waals surface area contributed by atoms with Gasteiger partial charge in [0.05, 0.1) is 10.6 Å². The average Bonchev–Trinajstić information content (AvgIpc) is 2.50. The van der Waals surface area contributed by atoms with Gasteiger partial charge in [-0.05, 0) is 18.1 Å². The molecular formula is C15H13N3O3. The standard InChI is InChI=1S/C15H13N3O3/c1-17-14(19)5-4-10-7-12(18(20)21)8-13(15(10)17)11-3-2-6-16-9-11/h2-3,6-9H,4-5H2,1H3. The zero-order valence-electron chi connectivity index (χ0n) is 11.4. The number of fused-ring (bicyclic) bond motifs is 1. The Hall–Kier alpha value is -2.76. The molecular weight excluding hydrogens is 270 g/mol. The summed E-state index contributed by atoms with van der Waals surface area (Å²) in [4.78, 5) is 28.3. The minimum atomic E-state index is -0.406. The van der Waals surface area contributed by atoms with Crippen LogP contribution in [0.15, 0.2) is 36.7 Å². The Morgan fingerprint density at radius 2 is 2.14 bits per heavy atom. The number of benzene rings is 1. The van der Waals surface area contributed by atoms with Crippen LogP contribution in [0.3, 0.4) is 0 Å². The largest absolute Gasteiger partial charge is 0.315 e. The van der Waals surface area contributed by atoms with E-state index in [4.69, 9.17) is 0 Å². The predicted molar refractivity (Wildman–Crippen MR) is 78.1 cm³/mol. The van der Waals surface area contributed by atoms with Crippen LogP contribution in [0.5, 0.6) is 0 Å². The molecule has 1 amide bonds. The van der Waals surface area contributed by atoms with Crippen LogP contribution in [0.25, 0.3) is 11.1 Å². The fourth-order valence-electron chi connectivity index (χ4n) is 2.65. The second kappa shape index (κ2) is 4.97. The molecule has 2 aromatic rings. The van der Waals surface area contributed by atoms with Crippen LogP contribution < -0.4 is 4.90 Å². The first-order valence-corrected chi connectivity index (χ1v) is 6.56. The molecule has 1 aromatic carbocycles. The molecule has 0 aliphatic carbocycles. The molecule has 0 spiro atoms. The third-order valence-electron chi connectivity index (χ3n) is 3.67. The van der Waals surface area contributed by atoms with Gasteiger partial charge in [0.15, 0.2) is 0 Å². The van der Waals surface area contributed by atoms with E-state index < -0.39 is 4.92 Å². The van der Waals surface area contributed by atoms with Crippen LogP contribution in [0.4, 0.5) is 11.4 Å². The lowest BCUT2D eigenvalue weighted by Crippen LogP contribution is -2.31. The number of rotatable bonds is 2. The van der Waals surface area contributed by atoms with Crippen molar-refractivity contribution in [1.82, 2.24) is 4.98 Å². The summed E-state index contributed by atoms with van der Waals surface area (Å²) >= 11 is 0. The van der Waals surface area contributed by atoms with Gasteiger partial charge < -0.3 is 4.90 Å². The van der Waals surface area contributed by atoms with Crippen LogP contribution in [0.1, 0.15) is 12.0 Å². The molecule has 0 N–H and O–H groups in total. The molecule has 0 saturated carbocycles. The fraction of sp³-hybridized carbons (Fsp3) is 0.200. The van der Waals surface area contributed by atoms with Crippen molar-refractivity contribution in [1.29, 1.82) is 0 Å². The average molecular weight is 283 g/mol. The number of hydrogen-bond donors (Lipinski definition) is 0. The van der Waals surface area contributed by atoms with E-state index in [-0.39, 0.29) is 11.6 Å². The number of carbonyl (C=O) groups excluding carboxylic acids is 1. The van der Waals surface area contributed by atoms with Gasteiger partial charge in [0.2, 0.25) is 5.91 Å². The van der Waals surface area contributed by atoms with Crippen LogP contribution in [-0.4, -0.2) is 22.9 Å². The minimum absolute atomic E-state index is 0.0153. The lowest BCUT2D eigenvalue weighted by atomic mass is 9.94. The highest BCUT2D eigenvalue weighted by Crippen LogP contribution is 2.39. The number of non-ortho nitro benzene ring substituents is 1. The van der Waals surface area contributed by atoms with Crippen molar-refractivity contribution in [2.75, 3.05) is 11.9 Å². The third kappa shape index (κ3) is 2.24. The Balaban J connectivity index is 2.28. The second-order valence-electron chi connectivity index (χ2n) is 4.95. The quantitative estimate of drug-likeness (QED) is 0.627. The first-order chi connectivity index (χ1) is 10.1. The molecule has 0 atom stereocenters. The van der Waals surface area contributed by atoms with E-state index in [0.29, 0.717) is 18.4 Å². The molecule has 0 bridgehead atoms. The van der Waals surface area contributed by atoms with Gasteiger partial charge in [-0.1, -0.05) is 6.07 Å². The van der Waals surface area contributed by atoms with Crippen LogP contribution in [-0.2, 0) is 11.2 Å². The maximum absolute atomic E-state index is 11.9. The summed E-state index contributed by atoms with van der Waals surface area (Å²) in [6, 6.07) is 6.66. The van der Waals surface area contributed by atoms with E-state index >= 15 is 0 Å². The van der Waals surface area contributed by atoms with Gasteiger partial charge in [0.1, 0.15) is 0 Å². The monoisotopic (exact) mass is 283 g/mol. The summed E-state index contributed by atoms with van der Waals surface area (Å²) in [6.45, 7) is 0. The van der Waals surface area contributed by atoms with Crippen molar-refractivity contribution in [2.24, 2.45) is 0 Å². The number of aromatic nitrogens is 1. The molecule has 0 radical (unpaired) electrons. The highest BCUT2D eigenvalue weighted by molar-refractivity contribution is 6.01. The summed E-state index contributed by atoms with van der Waals surface area (Å²) in [5.74, 6) is 0.0153. The maximum atomic E-state index is 11.9. The van der Waals surface area contributed by atoms with Crippen molar-refractivity contribution in [3.63, 3.8) is 0 Å². The van der Waals surface area contributed by atoms with E-state index in [1.807, 2.05) is 6.07 Å². The molecule has 0 fully saturated rings. The van der Waals surface area contributed by atoms with E-state index in [0.717, 1.165) is 16.8 Å². The van der Waals surface area contributed by atoms with Crippen molar-refractivity contribution < 1.29 is 9.72 Å². The van der Waals surface area contributed by atoms with Gasteiger partial charge in [-0.25, -0.2) is 0 Å². The zero-order chi connectivity index (χ0) is 15.0. The minimum Gasteiger partial charge on any atom is -0.315 e. The van der Waals surface area contributed by atoms with Crippen molar-refractivity contribution in [2.45, 2.75) is 12.8 Å². The number of amides is 1. The molecule has 1 aliphatic rings. The molecule has 0 saturated heterocycles. The Labute approximate surface area is 121 Å². The molecule has 106 valence electrons. The molecule has 6 nitrogen and oxygen atoms in total. The lowest BCUT2D eigenvalue weighted by Gasteiger charge is -2.28. The van der Waals surface area contributed by atoms with Gasteiger partial charge in [0.25, 0.3) is 5.69 Å². The van der Waals surface area contributed by atoms with Gasteiger partial charge in [-0.3, -0.25) is 19.9 Å². The number of carbonyl (C=O) groups is 1.